The van der Waals surface area contributed by atoms with Crippen LogP contribution in [0.1, 0.15) is 37.1 Å². The van der Waals surface area contributed by atoms with Crippen LogP contribution in [0.2, 0.25) is 0 Å². The normalized spacial score (nSPS) is 24.9. The molecular weight excluding hydrogens is 336 g/mol. The van der Waals surface area contributed by atoms with Crippen molar-refractivity contribution in [2.45, 2.75) is 38.6 Å². The molecule has 0 amide bonds. The Morgan fingerprint density at radius 2 is 2.07 bits per heavy atom. The minimum atomic E-state index is -0.509. The molecule has 0 radical (unpaired) electrons. The average molecular weight is 360 g/mol. The SMILES string of the molecule is C/C=C1\[C@@H]2C=C(C)CC1(N)c1ccc(OC(=O)Cc3ccccc3)nc1C2. The first kappa shape index (κ1) is 17.7. The second kappa shape index (κ2) is 6.78. The Morgan fingerprint density at radius 1 is 1.30 bits per heavy atom. The molecule has 2 atom stereocenters. The summed E-state index contributed by atoms with van der Waals surface area (Å²) < 4.78 is 5.49. The number of aromatic nitrogens is 1. The molecule has 1 aromatic heterocycles. The van der Waals surface area contributed by atoms with Gasteiger partial charge in [-0.15, -0.1) is 0 Å². The molecule has 4 nitrogen and oxygen atoms in total. The van der Waals surface area contributed by atoms with E-state index in [1.807, 2.05) is 36.4 Å². The molecule has 2 aliphatic rings. The molecule has 27 heavy (non-hydrogen) atoms. The predicted molar refractivity (Wildman–Crippen MR) is 105 cm³/mol. The molecule has 0 fully saturated rings. The Morgan fingerprint density at radius 3 is 2.81 bits per heavy atom. The van der Waals surface area contributed by atoms with Crippen molar-refractivity contribution in [3.8, 4) is 5.88 Å². The van der Waals surface area contributed by atoms with Crippen LogP contribution < -0.4 is 10.5 Å². The van der Waals surface area contributed by atoms with E-state index in [4.69, 9.17) is 10.5 Å². The molecule has 2 bridgehead atoms. The molecule has 1 aromatic carbocycles. The summed E-state index contributed by atoms with van der Waals surface area (Å²) in [6.45, 7) is 4.19. The third kappa shape index (κ3) is 3.21. The van der Waals surface area contributed by atoms with Gasteiger partial charge in [-0.2, -0.15) is 0 Å². The van der Waals surface area contributed by atoms with E-state index in [9.17, 15) is 4.79 Å². The zero-order valence-corrected chi connectivity index (χ0v) is 15.7. The monoisotopic (exact) mass is 360 g/mol. The fraction of sp³-hybridized carbons (Fsp3) is 0.304. The Kier molecular flexibility index (Phi) is 4.44. The zero-order valence-electron chi connectivity index (χ0n) is 15.7. The lowest BCUT2D eigenvalue weighted by molar-refractivity contribution is -0.133. The van der Waals surface area contributed by atoms with Gasteiger partial charge in [-0.3, -0.25) is 4.79 Å². The van der Waals surface area contributed by atoms with E-state index in [0.717, 1.165) is 29.7 Å². The molecule has 138 valence electrons. The van der Waals surface area contributed by atoms with Gasteiger partial charge in [-0.25, -0.2) is 4.98 Å². The highest BCUT2D eigenvalue weighted by molar-refractivity contribution is 5.74. The van der Waals surface area contributed by atoms with Crippen molar-refractivity contribution in [2.24, 2.45) is 11.7 Å². The van der Waals surface area contributed by atoms with Crippen LogP contribution in [0.5, 0.6) is 5.88 Å². The lowest BCUT2D eigenvalue weighted by Crippen LogP contribution is -2.47. The lowest BCUT2D eigenvalue weighted by Gasteiger charge is -2.45. The number of fused-ring (bicyclic) bond motifs is 4. The highest BCUT2D eigenvalue weighted by Crippen LogP contribution is 2.48. The summed E-state index contributed by atoms with van der Waals surface area (Å²) in [5, 5.41) is 0. The van der Waals surface area contributed by atoms with Gasteiger partial charge in [0.25, 0.3) is 0 Å². The summed E-state index contributed by atoms with van der Waals surface area (Å²) >= 11 is 0. The van der Waals surface area contributed by atoms with Crippen LogP contribution in [0.15, 0.2) is 65.8 Å². The molecule has 2 aromatic rings. The van der Waals surface area contributed by atoms with Crippen LogP contribution in [-0.4, -0.2) is 11.0 Å². The molecule has 0 aliphatic heterocycles. The molecule has 4 rings (SSSR count). The van der Waals surface area contributed by atoms with Gasteiger partial charge < -0.3 is 10.5 Å². The highest BCUT2D eigenvalue weighted by atomic mass is 16.5. The number of pyridine rings is 1. The third-order valence-corrected chi connectivity index (χ3v) is 5.52. The van der Waals surface area contributed by atoms with E-state index in [-0.39, 0.29) is 18.3 Å². The van der Waals surface area contributed by atoms with E-state index in [0.29, 0.717) is 5.88 Å². The first-order chi connectivity index (χ1) is 13.0. The molecule has 0 saturated heterocycles. The van der Waals surface area contributed by atoms with E-state index in [1.54, 1.807) is 6.07 Å². The van der Waals surface area contributed by atoms with E-state index < -0.39 is 5.54 Å². The summed E-state index contributed by atoms with van der Waals surface area (Å²) in [4.78, 5) is 16.9. The minimum absolute atomic E-state index is 0.230. The van der Waals surface area contributed by atoms with Gasteiger partial charge in [0.1, 0.15) is 0 Å². The fourth-order valence-electron chi connectivity index (χ4n) is 4.48. The van der Waals surface area contributed by atoms with Crippen molar-refractivity contribution in [3.05, 3.63) is 82.6 Å². The van der Waals surface area contributed by atoms with E-state index in [2.05, 4.69) is 31.0 Å². The maximum Gasteiger partial charge on any atom is 0.316 e. The van der Waals surface area contributed by atoms with Crippen LogP contribution >= 0.6 is 0 Å². The van der Waals surface area contributed by atoms with Gasteiger partial charge in [-0.05, 0) is 43.0 Å². The van der Waals surface area contributed by atoms with Gasteiger partial charge in [0, 0.05) is 18.4 Å². The molecule has 4 heteroatoms. The molecule has 0 spiro atoms. The summed E-state index contributed by atoms with van der Waals surface area (Å²) in [7, 11) is 0. The summed E-state index contributed by atoms with van der Waals surface area (Å²) in [5.41, 5.74) is 11.8. The van der Waals surface area contributed by atoms with E-state index in [1.165, 1.54) is 11.1 Å². The van der Waals surface area contributed by atoms with Gasteiger partial charge in [0.2, 0.25) is 5.88 Å². The first-order valence-electron chi connectivity index (χ1n) is 9.37. The number of esters is 1. The van der Waals surface area contributed by atoms with Crippen molar-refractivity contribution in [3.63, 3.8) is 0 Å². The number of rotatable bonds is 3. The van der Waals surface area contributed by atoms with Crippen molar-refractivity contribution < 1.29 is 9.53 Å². The van der Waals surface area contributed by atoms with Crippen LogP contribution in [0.3, 0.4) is 0 Å². The number of hydrogen-bond acceptors (Lipinski definition) is 4. The summed E-state index contributed by atoms with van der Waals surface area (Å²) in [5.74, 6) is 0.307. The summed E-state index contributed by atoms with van der Waals surface area (Å²) in [6.07, 6.45) is 6.25. The number of carbonyl (C=O) groups excluding carboxylic acids is 1. The quantitative estimate of drug-likeness (QED) is 0.667. The standard InChI is InChI=1S/C23H24N2O2/c1-3-18-17-11-15(2)14-23(18,24)19-9-10-21(25-20(19)13-17)27-22(26)12-16-7-5-4-6-8-16/h3-11,17H,12-14,24H2,1-2H3/b18-3+/t17-,23?/m1/s1. The summed E-state index contributed by atoms with van der Waals surface area (Å²) in [6, 6.07) is 13.3. The number of hydrogen-bond donors (Lipinski definition) is 1. The smallest absolute Gasteiger partial charge is 0.316 e. The number of nitrogens with zero attached hydrogens (tertiary/aromatic N) is 1. The molecule has 1 heterocycles. The zero-order chi connectivity index (χ0) is 19.0. The Bertz CT molecular complexity index is 946. The number of benzene rings is 1. The molecule has 2 N–H and O–H groups in total. The highest BCUT2D eigenvalue weighted by Gasteiger charge is 2.44. The maximum atomic E-state index is 12.2. The Hall–Kier alpha value is -2.72. The number of ether oxygens (including phenoxy) is 1. The number of nitrogens with two attached hydrogens (primary N) is 1. The van der Waals surface area contributed by atoms with Crippen molar-refractivity contribution in [1.29, 1.82) is 0 Å². The van der Waals surface area contributed by atoms with Crippen molar-refractivity contribution in [2.75, 3.05) is 0 Å². The van der Waals surface area contributed by atoms with Crippen LogP contribution in [0, 0.1) is 5.92 Å². The van der Waals surface area contributed by atoms with Crippen LogP contribution in [0.25, 0.3) is 0 Å². The predicted octanol–water partition coefficient (Wildman–Crippen LogP) is 3.85. The Balaban J connectivity index is 1.59. The third-order valence-electron chi connectivity index (χ3n) is 5.52. The van der Waals surface area contributed by atoms with Crippen LogP contribution in [0.4, 0.5) is 0 Å². The first-order valence-corrected chi connectivity index (χ1v) is 9.37. The average Bonchev–Trinajstić information content (AvgIpc) is 2.61. The maximum absolute atomic E-state index is 12.2. The molecular formula is C23H24N2O2. The fourth-order valence-corrected chi connectivity index (χ4v) is 4.48. The van der Waals surface area contributed by atoms with Gasteiger partial charge >= 0.3 is 5.97 Å². The second-order valence-electron chi connectivity index (χ2n) is 7.50. The largest absolute Gasteiger partial charge is 0.407 e. The van der Waals surface area contributed by atoms with Gasteiger partial charge in [-0.1, -0.05) is 48.1 Å². The Labute approximate surface area is 159 Å². The number of carbonyl (C=O) groups is 1. The molecule has 2 aliphatic carbocycles. The number of allylic oxidation sites excluding steroid dienone is 2. The molecule has 0 saturated carbocycles. The molecule has 1 unspecified atom stereocenters. The second-order valence-corrected chi connectivity index (χ2v) is 7.50. The minimum Gasteiger partial charge on any atom is -0.407 e. The topological polar surface area (TPSA) is 65.2 Å². The van der Waals surface area contributed by atoms with Crippen molar-refractivity contribution >= 4 is 5.97 Å². The van der Waals surface area contributed by atoms with E-state index >= 15 is 0 Å². The van der Waals surface area contributed by atoms with Gasteiger partial charge in [0.15, 0.2) is 0 Å². The van der Waals surface area contributed by atoms with Gasteiger partial charge in [0.05, 0.1) is 17.7 Å². The van der Waals surface area contributed by atoms with Crippen LogP contribution in [-0.2, 0) is 23.2 Å². The lowest BCUT2D eigenvalue weighted by atomic mass is 9.63. The van der Waals surface area contributed by atoms with Crippen molar-refractivity contribution in [1.82, 2.24) is 4.98 Å².